The molecule has 4 heteroatoms. The fourth-order valence-corrected chi connectivity index (χ4v) is 2.76. The lowest BCUT2D eigenvalue weighted by atomic mass is 10.0. The second kappa shape index (κ2) is 6.64. The summed E-state index contributed by atoms with van der Waals surface area (Å²) in [5.74, 6) is 2.43. The molecule has 1 aromatic heterocycles. The molecule has 0 spiro atoms. The molecule has 0 aliphatic heterocycles. The van der Waals surface area contributed by atoms with Crippen LogP contribution in [0.5, 0.6) is 0 Å². The highest BCUT2D eigenvalue weighted by molar-refractivity contribution is 9.10. The van der Waals surface area contributed by atoms with E-state index in [1.807, 2.05) is 48.7 Å². The van der Waals surface area contributed by atoms with E-state index < -0.39 is 0 Å². The fourth-order valence-electron chi connectivity index (χ4n) is 2.36. The molecular formula is C19H13BrN2O. The van der Waals surface area contributed by atoms with Crippen LogP contribution in [0.3, 0.4) is 0 Å². The van der Waals surface area contributed by atoms with Crippen molar-refractivity contribution < 1.29 is 4.79 Å². The zero-order valence-electron chi connectivity index (χ0n) is 12.2. The first-order valence-electron chi connectivity index (χ1n) is 7.05. The molecule has 0 amide bonds. The molecule has 0 aliphatic rings. The van der Waals surface area contributed by atoms with E-state index in [1.54, 1.807) is 16.8 Å². The molecular weight excluding hydrogens is 352 g/mol. The summed E-state index contributed by atoms with van der Waals surface area (Å²) in [7, 11) is 0. The van der Waals surface area contributed by atoms with Gasteiger partial charge < -0.3 is 0 Å². The van der Waals surface area contributed by atoms with Crippen LogP contribution in [0, 0.1) is 12.3 Å². The van der Waals surface area contributed by atoms with Gasteiger partial charge in [0.05, 0.1) is 0 Å². The third kappa shape index (κ3) is 3.25. The normalized spacial score (nSPS) is 10.3. The third-order valence-electron chi connectivity index (χ3n) is 3.40. The summed E-state index contributed by atoms with van der Waals surface area (Å²) in [5.41, 5.74) is 2.71. The molecule has 1 heterocycles. The van der Waals surface area contributed by atoms with Gasteiger partial charge in [-0.15, -0.1) is 6.42 Å². The first-order valence-corrected chi connectivity index (χ1v) is 7.85. The molecule has 3 nitrogen and oxygen atoms in total. The van der Waals surface area contributed by atoms with Crippen LogP contribution in [-0.2, 0) is 6.54 Å². The number of halogens is 1. The molecule has 3 aromatic rings. The van der Waals surface area contributed by atoms with E-state index in [0.717, 1.165) is 15.6 Å². The van der Waals surface area contributed by atoms with Gasteiger partial charge in [0.25, 0.3) is 0 Å². The van der Waals surface area contributed by atoms with Crippen molar-refractivity contribution >= 4 is 21.7 Å². The molecule has 0 fully saturated rings. The van der Waals surface area contributed by atoms with Gasteiger partial charge in [0.1, 0.15) is 12.2 Å². The van der Waals surface area contributed by atoms with Crippen LogP contribution < -0.4 is 0 Å². The second-order valence-electron chi connectivity index (χ2n) is 5.00. The minimum absolute atomic E-state index is 0.114. The highest BCUT2D eigenvalue weighted by Gasteiger charge is 2.19. The van der Waals surface area contributed by atoms with E-state index in [0.29, 0.717) is 17.8 Å². The zero-order chi connectivity index (χ0) is 16.2. The zero-order valence-corrected chi connectivity index (χ0v) is 13.8. The Kier molecular flexibility index (Phi) is 4.40. The van der Waals surface area contributed by atoms with Gasteiger partial charge in [-0.25, -0.2) is 0 Å². The van der Waals surface area contributed by atoms with Crippen LogP contribution in [0.25, 0.3) is 11.1 Å². The molecule has 0 saturated heterocycles. The summed E-state index contributed by atoms with van der Waals surface area (Å²) < 4.78 is 2.56. The molecule has 0 aliphatic carbocycles. The van der Waals surface area contributed by atoms with Crippen molar-refractivity contribution in [2.45, 2.75) is 6.54 Å². The summed E-state index contributed by atoms with van der Waals surface area (Å²) in [6, 6.07) is 16.9. The first-order chi connectivity index (χ1) is 11.2. The maximum atomic E-state index is 12.8. The van der Waals surface area contributed by atoms with Crippen molar-refractivity contribution in [3.8, 4) is 23.5 Å². The first kappa shape index (κ1) is 15.3. The van der Waals surface area contributed by atoms with Crippen LogP contribution in [-0.4, -0.2) is 15.6 Å². The van der Waals surface area contributed by atoms with Crippen molar-refractivity contribution in [1.82, 2.24) is 9.78 Å². The summed E-state index contributed by atoms with van der Waals surface area (Å²) in [6.07, 6.45) is 7.18. The van der Waals surface area contributed by atoms with Gasteiger partial charge in [0.2, 0.25) is 5.78 Å². The van der Waals surface area contributed by atoms with Crippen LogP contribution in [0.4, 0.5) is 0 Å². The van der Waals surface area contributed by atoms with Crippen LogP contribution >= 0.6 is 15.9 Å². The lowest BCUT2D eigenvalue weighted by Gasteiger charge is -2.03. The van der Waals surface area contributed by atoms with Gasteiger partial charge in [-0.2, -0.15) is 5.10 Å². The SMILES string of the molecule is C#CCn1cc(-c2cccc(Br)c2)c(C(=O)c2ccccc2)n1. The number of carbonyl (C=O) groups excluding carboxylic acids is 1. The maximum absolute atomic E-state index is 12.8. The highest BCUT2D eigenvalue weighted by atomic mass is 79.9. The summed E-state index contributed by atoms with van der Waals surface area (Å²) in [5, 5.41) is 4.39. The molecule has 112 valence electrons. The molecule has 0 atom stereocenters. The number of hydrogen-bond donors (Lipinski definition) is 0. The summed E-state index contributed by atoms with van der Waals surface area (Å²) in [6.45, 7) is 0.322. The molecule has 0 radical (unpaired) electrons. The number of hydrogen-bond acceptors (Lipinski definition) is 2. The average molecular weight is 365 g/mol. The van der Waals surface area contributed by atoms with E-state index in [1.165, 1.54) is 0 Å². The molecule has 3 rings (SSSR count). The Hall–Kier alpha value is -2.64. The molecule has 0 N–H and O–H groups in total. The Morgan fingerprint density at radius 1 is 1.17 bits per heavy atom. The molecule has 2 aromatic carbocycles. The van der Waals surface area contributed by atoms with Crippen LogP contribution in [0.2, 0.25) is 0 Å². The number of carbonyl (C=O) groups is 1. The minimum Gasteiger partial charge on any atom is -0.287 e. The second-order valence-corrected chi connectivity index (χ2v) is 5.91. The standard InChI is InChI=1S/C19H13BrN2O/c1-2-11-22-13-17(15-9-6-10-16(20)12-15)18(21-22)19(23)14-7-4-3-5-8-14/h1,3-10,12-13H,11H2. The van der Waals surface area contributed by atoms with E-state index >= 15 is 0 Å². The largest absolute Gasteiger partial charge is 0.287 e. The topological polar surface area (TPSA) is 34.9 Å². The van der Waals surface area contributed by atoms with E-state index in [4.69, 9.17) is 6.42 Å². The molecule has 0 bridgehead atoms. The Labute approximate surface area is 143 Å². The van der Waals surface area contributed by atoms with Gasteiger partial charge >= 0.3 is 0 Å². The lowest BCUT2D eigenvalue weighted by molar-refractivity contribution is 0.103. The van der Waals surface area contributed by atoms with Gasteiger partial charge in [-0.05, 0) is 17.7 Å². The predicted molar refractivity (Wildman–Crippen MR) is 94.1 cm³/mol. The molecule has 23 heavy (non-hydrogen) atoms. The highest BCUT2D eigenvalue weighted by Crippen LogP contribution is 2.27. The average Bonchev–Trinajstić information content (AvgIpc) is 2.99. The smallest absolute Gasteiger partial charge is 0.213 e. The molecule has 0 unspecified atom stereocenters. The Morgan fingerprint density at radius 3 is 2.65 bits per heavy atom. The molecule has 0 saturated carbocycles. The summed E-state index contributed by atoms with van der Waals surface area (Å²) in [4.78, 5) is 12.8. The fraction of sp³-hybridized carbons (Fsp3) is 0.0526. The van der Waals surface area contributed by atoms with Crippen molar-refractivity contribution in [3.63, 3.8) is 0 Å². The van der Waals surface area contributed by atoms with Gasteiger partial charge in [-0.1, -0.05) is 64.3 Å². The number of benzene rings is 2. The Morgan fingerprint density at radius 2 is 1.96 bits per heavy atom. The Balaban J connectivity index is 2.12. The number of nitrogens with zero attached hydrogens (tertiary/aromatic N) is 2. The van der Waals surface area contributed by atoms with Crippen molar-refractivity contribution in [3.05, 3.63) is 76.5 Å². The maximum Gasteiger partial charge on any atom is 0.213 e. The van der Waals surface area contributed by atoms with E-state index in [2.05, 4.69) is 26.9 Å². The monoisotopic (exact) mass is 364 g/mol. The summed E-state index contributed by atoms with van der Waals surface area (Å²) >= 11 is 3.46. The van der Waals surface area contributed by atoms with Gasteiger partial charge in [0, 0.05) is 21.8 Å². The van der Waals surface area contributed by atoms with Crippen molar-refractivity contribution in [2.75, 3.05) is 0 Å². The van der Waals surface area contributed by atoms with Crippen LogP contribution in [0.15, 0.2) is 65.3 Å². The van der Waals surface area contributed by atoms with Gasteiger partial charge in [-0.3, -0.25) is 9.48 Å². The number of aromatic nitrogens is 2. The lowest BCUT2D eigenvalue weighted by Crippen LogP contribution is -2.05. The van der Waals surface area contributed by atoms with Gasteiger partial charge in [0.15, 0.2) is 0 Å². The van der Waals surface area contributed by atoms with E-state index in [-0.39, 0.29) is 5.78 Å². The third-order valence-corrected chi connectivity index (χ3v) is 3.89. The minimum atomic E-state index is -0.114. The number of rotatable bonds is 4. The van der Waals surface area contributed by atoms with E-state index in [9.17, 15) is 4.79 Å². The van der Waals surface area contributed by atoms with Crippen molar-refractivity contribution in [1.29, 1.82) is 0 Å². The van der Waals surface area contributed by atoms with Crippen molar-refractivity contribution in [2.24, 2.45) is 0 Å². The predicted octanol–water partition coefficient (Wildman–Crippen LogP) is 4.18. The Bertz CT molecular complexity index is 891. The quantitative estimate of drug-likeness (QED) is 0.514. The number of terminal acetylenes is 1. The number of ketones is 1. The van der Waals surface area contributed by atoms with Crippen LogP contribution in [0.1, 0.15) is 16.1 Å².